The molecule has 0 N–H and O–H groups in total. The van der Waals surface area contributed by atoms with Crippen LogP contribution in [0.5, 0.6) is 5.75 Å². The normalized spacial score (nSPS) is 16.4. The van der Waals surface area contributed by atoms with E-state index in [1.165, 1.54) is 5.69 Å². The molecule has 4 nitrogen and oxygen atoms in total. The minimum absolute atomic E-state index is 0.394. The van der Waals surface area contributed by atoms with E-state index in [2.05, 4.69) is 35.0 Å². The second-order valence-corrected chi connectivity index (χ2v) is 4.62. The average Bonchev–Trinajstić information content (AvgIpc) is 2.40. The van der Waals surface area contributed by atoms with Gasteiger partial charge in [-0.3, -0.25) is 0 Å². The lowest BCUT2D eigenvalue weighted by molar-refractivity contribution is 0.313. The summed E-state index contributed by atoms with van der Waals surface area (Å²) >= 11 is 0. The zero-order valence-electron chi connectivity index (χ0n) is 11.0. The van der Waals surface area contributed by atoms with E-state index in [0.29, 0.717) is 6.42 Å². The highest BCUT2D eigenvalue weighted by Gasteiger charge is 2.15. The third-order valence-corrected chi connectivity index (χ3v) is 3.40. The van der Waals surface area contributed by atoms with E-state index < -0.39 is 0 Å². The highest BCUT2D eigenvalue weighted by molar-refractivity contribution is 5.54. The highest BCUT2D eigenvalue weighted by Crippen LogP contribution is 2.26. The van der Waals surface area contributed by atoms with Gasteiger partial charge in [0, 0.05) is 37.4 Å². The van der Waals surface area contributed by atoms with Crippen LogP contribution in [0.15, 0.2) is 18.2 Å². The van der Waals surface area contributed by atoms with E-state index in [9.17, 15) is 0 Å². The molecule has 96 valence electrons. The zero-order chi connectivity index (χ0) is 13.0. The maximum absolute atomic E-state index is 8.85. The third-order valence-electron chi connectivity index (χ3n) is 3.40. The molecule has 0 aromatic heterocycles. The molecule has 0 radical (unpaired) electrons. The molecular weight excluding hydrogens is 226 g/mol. The van der Waals surface area contributed by atoms with Crippen molar-refractivity contribution < 1.29 is 4.74 Å². The van der Waals surface area contributed by atoms with E-state index in [0.717, 1.165) is 37.5 Å². The van der Waals surface area contributed by atoms with Crippen molar-refractivity contribution in [2.45, 2.75) is 6.42 Å². The van der Waals surface area contributed by atoms with Crippen molar-refractivity contribution in [2.75, 3.05) is 45.2 Å². The van der Waals surface area contributed by atoms with Gasteiger partial charge in [-0.1, -0.05) is 0 Å². The monoisotopic (exact) mass is 245 g/mol. The number of benzene rings is 1. The summed E-state index contributed by atoms with van der Waals surface area (Å²) < 4.78 is 5.28. The van der Waals surface area contributed by atoms with E-state index in [1.54, 1.807) is 7.11 Å². The van der Waals surface area contributed by atoms with E-state index in [4.69, 9.17) is 10.00 Å². The SMILES string of the molecule is COc1ccc(N2CCN(C)CC2)cc1CC#N. The molecule has 1 aromatic carbocycles. The van der Waals surface area contributed by atoms with Crippen molar-refractivity contribution in [1.82, 2.24) is 4.90 Å². The summed E-state index contributed by atoms with van der Waals surface area (Å²) in [5.74, 6) is 0.800. The van der Waals surface area contributed by atoms with Gasteiger partial charge in [-0.15, -0.1) is 0 Å². The number of hydrogen-bond donors (Lipinski definition) is 0. The second kappa shape index (κ2) is 5.74. The zero-order valence-corrected chi connectivity index (χ0v) is 11.0. The van der Waals surface area contributed by atoms with Crippen LogP contribution in [0.2, 0.25) is 0 Å². The molecule has 0 aliphatic carbocycles. The van der Waals surface area contributed by atoms with Gasteiger partial charge in [0.1, 0.15) is 5.75 Å². The van der Waals surface area contributed by atoms with Crippen LogP contribution in [0.25, 0.3) is 0 Å². The van der Waals surface area contributed by atoms with Crippen molar-refractivity contribution in [1.29, 1.82) is 5.26 Å². The standard InChI is InChI=1S/C14H19N3O/c1-16-7-9-17(10-8-16)13-3-4-14(18-2)12(11-13)5-6-15/h3-4,11H,5,7-10H2,1-2H3. The highest BCUT2D eigenvalue weighted by atomic mass is 16.5. The number of ether oxygens (including phenoxy) is 1. The summed E-state index contributed by atoms with van der Waals surface area (Å²) in [6, 6.07) is 8.30. The van der Waals surface area contributed by atoms with Crippen LogP contribution in [0.4, 0.5) is 5.69 Å². The van der Waals surface area contributed by atoms with Gasteiger partial charge in [0.15, 0.2) is 0 Å². The largest absolute Gasteiger partial charge is 0.496 e. The molecule has 0 unspecified atom stereocenters. The first-order valence-electron chi connectivity index (χ1n) is 6.22. The maximum atomic E-state index is 8.85. The van der Waals surface area contributed by atoms with Crippen LogP contribution in [-0.4, -0.2) is 45.2 Å². The molecule has 2 rings (SSSR count). The molecule has 1 saturated heterocycles. The number of piperazine rings is 1. The summed E-state index contributed by atoms with van der Waals surface area (Å²) in [6.45, 7) is 4.24. The van der Waals surface area contributed by atoms with Crippen LogP contribution in [0.1, 0.15) is 5.56 Å². The Kier molecular flexibility index (Phi) is 4.06. The minimum Gasteiger partial charge on any atom is -0.496 e. The molecule has 0 bridgehead atoms. The molecule has 1 aliphatic heterocycles. The van der Waals surface area contributed by atoms with E-state index >= 15 is 0 Å². The Morgan fingerprint density at radius 3 is 2.61 bits per heavy atom. The Bertz CT molecular complexity index is 445. The predicted octanol–water partition coefficient (Wildman–Crippen LogP) is 1.51. The Labute approximate surface area is 108 Å². The fourth-order valence-corrected chi connectivity index (χ4v) is 2.25. The summed E-state index contributed by atoms with van der Waals surface area (Å²) in [5.41, 5.74) is 2.16. The molecular formula is C14H19N3O. The predicted molar refractivity (Wildman–Crippen MR) is 72.0 cm³/mol. The number of nitriles is 1. The number of likely N-dealkylation sites (N-methyl/N-ethyl adjacent to an activating group) is 1. The van der Waals surface area contributed by atoms with Gasteiger partial charge in [0.25, 0.3) is 0 Å². The summed E-state index contributed by atoms with van der Waals surface area (Å²) in [7, 11) is 3.79. The Morgan fingerprint density at radius 1 is 1.28 bits per heavy atom. The lowest BCUT2D eigenvalue weighted by Crippen LogP contribution is -2.44. The lowest BCUT2D eigenvalue weighted by atomic mass is 10.1. The number of nitrogens with zero attached hydrogens (tertiary/aromatic N) is 3. The fourth-order valence-electron chi connectivity index (χ4n) is 2.25. The summed E-state index contributed by atoms with van der Waals surface area (Å²) in [5, 5.41) is 8.85. The molecule has 18 heavy (non-hydrogen) atoms. The van der Waals surface area contributed by atoms with Crippen LogP contribution < -0.4 is 9.64 Å². The van der Waals surface area contributed by atoms with Crippen molar-refractivity contribution in [2.24, 2.45) is 0 Å². The molecule has 4 heteroatoms. The van der Waals surface area contributed by atoms with Gasteiger partial charge in [-0.05, 0) is 25.2 Å². The first kappa shape index (κ1) is 12.7. The minimum atomic E-state index is 0.394. The van der Waals surface area contributed by atoms with Gasteiger partial charge in [-0.25, -0.2) is 0 Å². The van der Waals surface area contributed by atoms with Crippen LogP contribution in [0, 0.1) is 11.3 Å². The van der Waals surface area contributed by atoms with Crippen molar-refractivity contribution in [3.05, 3.63) is 23.8 Å². The Hall–Kier alpha value is -1.73. The van der Waals surface area contributed by atoms with E-state index in [-0.39, 0.29) is 0 Å². The summed E-state index contributed by atoms with van der Waals surface area (Å²) in [6.07, 6.45) is 0.394. The number of anilines is 1. The van der Waals surface area contributed by atoms with Crippen LogP contribution in [0.3, 0.4) is 0 Å². The topological polar surface area (TPSA) is 39.5 Å². The fraction of sp³-hybridized carbons (Fsp3) is 0.500. The maximum Gasteiger partial charge on any atom is 0.123 e. The van der Waals surface area contributed by atoms with Gasteiger partial charge >= 0.3 is 0 Å². The first-order chi connectivity index (χ1) is 8.74. The number of hydrogen-bond acceptors (Lipinski definition) is 4. The summed E-state index contributed by atoms with van der Waals surface area (Å²) in [4.78, 5) is 4.69. The van der Waals surface area contributed by atoms with Gasteiger partial charge < -0.3 is 14.5 Å². The average molecular weight is 245 g/mol. The van der Waals surface area contributed by atoms with Gasteiger partial charge in [-0.2, -0.15) is 5.26 Å². The Morgan fingerprint density at radius 2 is 2.00 bits per heavy atom. The molecule has 0 atom stereocenters. The lowest BCUT2D eigenvalue weighted by Gasteiger charge is -2.34. The van der Waals surface area contributed by atoms with Crippen molar-refractivity contribution in [3.8, 4) is 11.8 Å². The third kappa shape index (κ3) is 2.74. The van der Waals surface area contributed by atoms with Gasteiger partial charge in [0.2, 0.25) is 0 Å². The van der Waals surface area contributed by atoms with Crippen molar-refractivity contribution in [3.63, 3.8) is 0 Å². The second-order valence-electron chi connectivity index (χ2n) is 4.62. The molecule has 1 heterocycles. The quantitative estimate of drug-likeness (QED) is 0.809. The van der Waals surface area contributed by atoms with Crippen molar-refractivity contribution >= 4 is 5.69 Å². The van der Waals surface area contributed by atoms with Crippen LogP contribution >= 0.6 is 0 Å². The number of methoxy groups -OCH3 is 1. The molecule has 1 aliphatic rings. The molecule has 1 aromatic rings. The molecule has 1 fully saturated rings. The molecule has 0 saturated carbocycles. The smallest absolute Gasteiger partial charge is 0.123 e. The number of rotatable bonds is 3. The van der Waals surface area contributed by atoms with Gasteiger partial charge in [0.05, 0.1) is 19.6 Å². The Balaban J connectivity index is 2.18. The molecule has 0 amide bonds. The van der Waals surface area contributed by atoms with E-state index in [1.807, 2.05) is 6.07 Å². The molecule has 0 spiro atoms. The first-order valence-corrected chi connectivity index (χ1v) is 6.22. The van der Waals surface area contributed by atoms with Crippen LogP contribution in [-0.2, 0) is 6.42 Å².